The third-order valence-corrected chi connectivity index (χ3v) is 4.80. The van der Waals surface area contributed by atoms with Crippen LogP contribution >= 0.6 is 0 Å². The third kappa shape index (κ3) is 4.46. The van der Waals surface area contributed by atoms with Gasteiger partial charge in [-0.05, 0) is 37.0 Å². The van der Waals surface area contributed by atoms with E-state index in [2.05, 4.69) is 5.32 Å². The molecule has 1 heterocycles. The van der Waals surface area contributed by atoms with Crippen LogP contribution in [0.25, 0.3) is 0 Å². The van der Waals surface area contributed by atoms with Crippen LogP contribution in [0.4, 0.5) is 0 Å². The largest absolute Gasteiger partial charge is 0.497 e. The Labute approximate surface area is 154 Å². The van der Waals surface area contributed by atoms with Crippen molar-refractivity contribution in [2.75, 3.05) is 27.3 Å². The Morgan fingerprint density at radius 2 is 2.04 bits per heavy atom. The topological polar surface area (TPSA) is 93.9 Å². The molecule has 0 aliphatic carbocycles. The lowest BCUT2D eigenvalue weighted by Crippen LogP contribution is -2.47. The number of amides is 2. The van der Waals surface area contributed by atoms with Gasteiger partial charge in [-0.25, -0.2) is 0 Å². The number of carbonyl (C=O) groups excluding carboxylic acids is 2. The summed E-state index contributed by atoms with van der Waals surface area (Å²) in [5, 5.41) is 2.65. The molecule has 2 rings (SSSR count). The molecule has 1 saturated heterocycles. The Bertz CT molecular complexity index is 648. The molecule has 1 fully saturated rings. The van der Waals surface area contributed by atoms with Crippen molar-refractivity contribution in [3.05, 3.63) is 23.8 Å². The van der Waals surface area contributed by atoms with Crippen LogP contribution in [0, 0.1) is 5.92 Å². The van der Waals surface area contributed by atoms with Crippen molar-refractivity contribution in [3.8, 4) is 11.5 Å². The van der Waals surface area contributed by atoms with Gasteiger partial charge in [0.2, 0.25) is 11.8 Å². The van der Waals surface area contributed by atoms with Gasteiger partial charge in [-0.1, -0.05) is 13.8 Å². The number of nitrogens with two attached hydrogens (primary N) is 1. The Balaban J connectivity index is 2.10. The highest BCUT2D eigenvalue weighted by molar-refractivity contribution is 5.87. The molecular weight excluding hydrogens is 334 g/mol. The maximum atomic E-state index is 12.7. The van der Waals surface area contributed by atoms with E-state index >= 15 is 0 Å². The molecule has 1 aromatic carbocycles. The fraction of sp³-hybridized carbons (Fsp3) is 0.579. The number of likely N-dealkylation sites (tertiary alicyclic amines) is 1. The minimum atomic E-state index is -0.615. The molecule has 7 nitrogen and oxygen atoms in total. The first-order valence-electron chi connectivity index (χ1n) is 8.93. The van der Waals surface area contributed by atoms with Crippen molar-refractivity contribution in [3.63, 3.8) is 0 Å². The molecule has 0 saturated carbocycles. The Hall–Kier alpha value is -2.28. The molecule has 7 heteroatoms. The SMILES string of the molecule is COc1ccc(OC)c(C2CCCN2C(=O)CNC(=O)[C@@H](N)C(C)C)c1. The summed E-state index contributed by atoms with van der Waals surface area (Å²) < 4.78 is 10.8. The van der Waals surface area contributed by atoms with Gasteiger partial charge in [0.1, 0.15) is 11.5 Å². The maximum Gasteiger partial charge on any atom is 0.242 e. The van der Waals surface area contributed by atoms with Gasteiger partial charge in [0, 0.05) is 12.1 Å². The molecule has 144 valence electrons. The molecule has 1 aliphatic heterocycles. The number of methoxy groups -OCH3 is 2. The van der Waals surface area contributed by atoms with Crippen LogP contribution in [0.3, 0.4) is 0 Å². The van der Waals surface area contributed by atoms with E-state index in [1.165, 1.54) is 0 Å². The Morgan fingerprint density at radius 1 is 1.31 bits per heavy atom. The quantitative estimate of drug-likeness (QED) is 0.765. The smallest absolute Gasteiger partial charge is 0.242 e. The summed E-state index contributed by atoms with van der Waals surface area (Å²) in [7, 11) is 3.22. The van der Waals surface area contributed by atoms with Crippen molar-refractivity contribution >= 4 is 11.8 Å². The molecule has 1 aliphatic rings. The fourth-order valence-electron chi connectivity index (χ4n) is 3.17. The van der Waals surface area contributed by atoms with Crippen molar-refractivity contribution < 1.29 is 19.1 Å². The van der Waals surface area contributed by atoms with Gasteiger partial charge in [-0.3, -0.25) is 9.59 Å². The molecule has 1 unspecified atom stereocenters. The number of nitrogens with zero attached hydrogens (tertiary/aromatic N) is 1. The van der Waals surface area contributed by atoms with Crippen LogP contribution < -0.4 is 20.5 Å². The minimum absolute atomic E-state index is 0.0191. The first-order valence-corrected chi connectivity index (χ1v) is 8.93. The van der Waals surface area contributed by atoms with Gasteiger partial charge in [-0.2, -0.15) is 0 Å². The summed E-state index contributed by atoms with van der Waals surface area (Å²) in [6, 6.07) is 4.87. The lowest BCUT2D eigenvalue weighted by atomic mass is 10.0. The zero-order valence-corrected chi connectivity index (χ0v) is 16.0. The van der Waals surface area contributed by atoms with E-state index in [1.807, 2.05) is 32.0 Å². The van der Waals surface area contributed by atoms with Gasteiger partial charge in [-0.15, -0.1) is 0 Å². The van der Waals surface area contributed by atoms with Gasteiger partial charge >= 0.3 is 0 Å². The fourth-order valence-corrected chi connectivity index (χ4v) is 3.17. The van der Waals surface area contributed by atoms with Gasteiger partial charge in [0.15, 0.2) is 0 Å². The van der Waals surface area contributed by atoms with Crippen molar-refractivity contribution in [1.29, 1.82) is 0 Å². The highest BCUT2D eigenvalue weighted by Gasteiger charge is 2.32. The highest BCUT2D eigenvalue weighted by atomic mass is 16.5. The summed E-state index contributed by atoms with van der Waals surface area (Å²) in [6.07, 6.45) is 1.74. The van der Waals surface area contributed by atoms with Crippen molar-refractivity contribution in [1.82, 2.24) is 10.2 Å². The lowest BCUT2D eigenvalue weighted by Gasteiger charge is -2.27. The average Bonchev–Trinajstić information content (AvgIpc) is 3.14. The van der Waals surface area contributed by atoms with Crippen molar-refractivity contribution in [2.24, 2.45) is 11.7 Å². The summed E-state index contributed by atoms with van der Waals surface area (Å²) >= 11 is 0. The van der Waals surface area contributed by atoms with E-state index in [1.54, 1.807) is 19.1 Å². The van der Waals surface area contributed by atoms with Gasteiger partial charge in [0.05, 0.1) is 32.8 Å². The predicted molar refractivity (Wildman–Crippen MR) is 99.1 cm³/mol. The van der Waals surface area contributed by atoms with Crippen LogP contribution in [0.2, 0.25) is 0 Å². The standard InChI is InChI=1S/C19H29N3O4/c1-12(2)18(20)19(24)21-11-17(23)22-9-5-6-15(22)14-10-13(25-3)7-8-16(14)26-4/h7-8,10,12,15,18H,5-6,9,11,20H2,1-4H3,(H,21,24)/t15?,18-/m0/s1. The van der Waals surface area contributed by atoms with Crippen molar-refractivity contribution in [2.45, 2.75) is 38.8 Å². The van der Waals surface area contributed by atoms with E-state index in [9.17, 15) is 9.59 Å². The van der Waals surface area contributed by atoms with Crippen LogP contribution in [0.15, 0.2) is 18.2 Å². The van der Waals surface area contributed by atoms with E-state index in [4.69, 9.17) is 15.2 Å². The first-order chi connectivity index (χ1) is 12.4. The Kier molecular flexibility index (Phi) is 6.85. The molecule has 2 amide bonds. The maximum absolute atomic E-state index is 12.7. The van der Waals surface area contributed by atoms with Crippen LogP contribution in [0.5, 0.6) is 11.5 Å². The summed E-state index contributed by atoms with van der Waals surface area (Å²) in [6.45, 7) is 4.34. The second-order valence-corrected chi connectivity index (χ2v) is 6.84. The second kappa shape index (κ2) is 8.89. The second-order valence-electron chi connectivity index (χ2n) is 6.84. The van der Waals surface area contributed by atoms with E-state index in [-0.39, 0.29) is 30.3 Å². The van der Waals surface area contributed by atoms with E-state index < -0.39 is 6.04 Å². The van der Waals surface area contributed by atoms with E-state index in [0.717, 1.165) is 29.9 Å². The highest BCUT2D eigenvalue weighted by Crippen LogP contribution is 2.38. The van der Waals surface area contributed by atoms with Crippen LogP contribution in [-0.4, -0.2) is 50.1 Å². The van der Waals surface area contributed by atoms with E-state index in [0.29, 0.717) is 6.54 Å². The molecule has 2 atom stereocenters. The molecule has 0 bridgehead atoms. The monoisotopic (exact) mass is 363 g/mol. The molecular formula is C19H29N3O4. The zero-order chi connectivity index (χ0) is 19.3. The number of hydrogen-bond donors (Lipinski definition) is 2. The number of ether oxygens (including phenoxy) is 2. The number of nitrogens with one attached hydrogen (secondary N) is 1. The number of rotatable bonds is 7. The molecule has 0 aromatic heterocycles. The summed E-state index contributed by atoms with van der Waals surface area (Å²) in [5.41, 5.74) is 6.74. The molecule has 1 aromatic rings. The minimum Gasteiger partial charge on any atom is -0.497 e. The summed E-state index contributed by atoms with van der Waals surface area (Å²) in [4.78, 5) is 26.5. The van der Waals surface area contributed by atoms with Crippen LogP contribution in [0.1, 0.15) is 38.3 Å². The summed E-state index contributed by atoms with van der Waals surface area (Å²) in [5.74, 6) is 1.04. The predicted octanol–water partition coefficient (Wildman–Crippen LogP) is 1.47. The molecule has 26 heavy (non-hydrogen) atoms. The third-order valence-electron chi connectivity index (χ3n) is 4.80. The normalized spacial score (nSPS) is 17.9. The van der Waals surface area contributed by atoms with Gasteiger partial charge < -0.3 is 25.4 Å². The Morgan fingerprint density at radius 3 is 2.65 bits per heavy atom. The average molecular weight is 363 g/mol. The number of carbonyl (C=O) groups is 2. The molecule has 3 N–H and O–H groups in total. The van der Waals surface area contributed by atoms with Gasteiger partial charge in [0.25, 0.3) is 0 Å². The lowest BCUT2D eigenvalue weighted by molar-refractivity contribution is -0.134. The molecule has 0 radical (unpaired) electrons. The van der Waals surface area contributed by atoms with Crippen LogP contribution in [-0.2, 0) is 9.59 Å². The first kappa shape index (κ1) is 20.0. The zero-order valence-electron chi connectivity index (χ0n) is 16.0. The number of benzene rings is 1. The number of hydrogen-bond acceptors (Lipinski definition) is 5. The molecule has 0 spiro atoms.